The summed E-state index contributed by atoms with van der Waals surface area (Å²) in [6.07, 6.45) is 3.90. The Kier molecular flexibility index (Phi) is 6.69. The highest BCUT2D eigenvalue weighted by Crippen LogP contribution is 2.29. The van der Waals surface area contributed by atoms with Crippen LogP contribution in [0.5, 0.6) is 0 Å². The molecule has 2 atom stereocenters. The van der Waals surface area contributed by atoms with Crippen molar-refractivity contribution in [2.75, 3.05) is 24.2 Å². The van der Waals surface area contributed by atoms with Gasteiger partial charge in [0.05, 0.1) is 24.1 Å². The molecule has 26 heavy (non-hydrogen) atoms. The van der Waals surface area contributed by atoms with Crippen LogP contribution in [0.4, 0.5) is 5.69 Å². The van der Waals surface area contributed by atoms with E-state index >= 15 is 0 Å². The quantitative estimate of drug-likeness (QED) is 0.819. The predicted molar refractivity (Wildman–Crippen MR) is 104 cm³/mol. The van der Waals surface area contributed by atoms with E-state index in [1.807, 2.05) is 26.0 Å². The summed E-state index contributed by atoms with van der Waals surface area (Å²) in [5, 5.41) is 10.2. The fourth-order valence-corrected chi connectivity index (χ4v) is 4.42. The van der Waals surface area contributed by atoms with Crippen LogP contribution in [0.2, 0.25) is 0 Å². The molecule has 6 nitrogen and oxygen atoms in total. The average Bonchev–Trinajstić information content (AvgIpc) is 2.58. The first-order chi connectivity index (χ1) is 12.1. The molecule has 1 N–H and O–H groups in total. The summed E-state index contributed by atoms with van der Waals surface area (Å²) in [5.74, 6) is -0.177. The Labute approximate surface area is 156 Å². The molecule has 0 aromatic heterocycles. The Bertz CT molecular complexity index is 733. The minimum Gasteiger partial charge on any atom is -0.391 e. The number of aliphatic hydroxyl groups excluding tert-OH is 1. The Morgan fingerprint density at radius 2 is 1.85 bits per heavy atom. The van der Waals surface area contributed by atoms with Gasteiger partial charge in [0.1, 0.15) is 6.54 Å². The smallest absolute Gasteiger partial charge is 0.243 e. The number of carbonyl (C=O) groups excluding carboxylic acids is 1. The first-order valence-electron chi connectivity index (χ1n) is 9.13. The van der Waals surface area contributed by atoms with Gasteiger partial charge in [0.2, 0.25) is 15.9 Å². The Balaban J connectivity index is 2.28. The van der Waals surface area contributed by atoms with Crippen LogP contribution in [0.1, 0.15) is 51.0 Å². The summed E-state index contributed by atoms with van der Waals surface area (Å²) in [6.45, 7) is 3.72. The average molecular weight is 383 g/mol. The number of para-hydroxylation sites is 1. The molecular formula is C19H30N2O4S. The summed E-state index contributed by atoms with van der Waals surface area (Å²) in [6, 6.07) is 7.01. The van der Waals surface area contributed by atoms with Crippen molar-refractivity contribution in [1.82, 2.24) is 4.90 Å². The second kappa shape index (κ2) is 8.39. The lowest BCUT2D eigenvalue weighted by Crippen LogP contribution is -2.50. The summed E-state index contributed by atoms with van der Waals surface area (Å²) in [4.78, 5) is 14.3. The number of benzene rings is 1. The molecule has 0 radical (unpaired) electrons. The number of aliphatic hydroxyl groups is 1. The van der Waals surface area contributed by atoms with Gasteiger partial charge >= 0.3 is 0 Å². The van der Waals surface area contributed by atoms with Gasteiger partial charge in [0.25, 0.3) is 0 Å². The summed E-state index contributed by atoms with van der Waals surface area (Å²) < 4.78 is 26.0. The molecule has 0 saturated heterocycles. The van der Waals surface area contributed by atoms with E-state index in [1.54, 1.807) is 19.2 Å². The minimum atomic E-state index is -3.62. The maximum absolute atomic E-state index is 12.8. The fraction of sp³-hybridized carbons (Fsp3) is 0.632. The largest absolute Gasteiger partial charge is 0.391 e. The number of sulfonamides is 1. The Hall–Kier alpha value is -1.60. The van der Waals surface area contributed by atoms with Crippen molar-refractivity contribution in [1.29, 1.82) is 0 Å². The van der Waals surface area contributed by atoms with Gasteiger partial charge in [-0.1, -0.05) is 44.9 Å². The topological polar surface area (TPSA) is 77.9 Å². The lowest BCUT2D eigenvalue weighted by Gasteiger charge is -2.36. The van der Waals surface area contributed by atoms with Gasteiger partial charge in [-0.2, -0.15) is 0 Å². The molecule has 1 aliphatic carbocycles. The van der Waals surface area contributed by atoms with E-state index in [1.165, 1.54) is 9.21 Å². The molecule has 146 valence electrons. The van der Waals surface area contributed by atoms with E-state index in [0.717, 1.165) is 31.1 Å². The normalized spacial score (nSPS) is 20.8. The molecule has 1 aromatic carbocycles. The zero-order valence-electron chi connectivity index (χ0n) is 16.1. The molecule has 0 heterocycles. The van der Waals surface area contributed by atoms with E-state index in [4.69, 9.17) is 0 Å². The number of rotatable bonds is 6. The monoisotopic (exact) mass is 382 g/mol. The number of anilines is 1. The Morgan fingerprint density at radius 1 is 1.23 bits per heavy atom. The lowest BCUT2D eigenvalue weighted by molar-refractivity contribution is -0.133. The molecule has 1 amide bonds. The second-order valence-electron chi connectivity index (χ2n) is 7.41. The van der Waals surface area contributed by atoms with Gasteiger partial charge in [0, 0.05) is 7.05 Å². The van der Waals surface area contributed by atoms with E-state index in [-0.39, 0.29) is 24.4 Å². The summed E-state index contributed by atoms with van der Waals surface area (Å²) in [5.41, 5.74) is 1.42. The van der Waals surface area contributed by atoms with Crippen molar-refractivity contribution in [3.8, 4) is 0 Å². The molecule has 0 aliphatic heterocycles. The first-order valence-corrected chi connectivity index (χ1v) is 11.0. The van der Waals surface area contributed by atoms with Crippen molar-refractivity contribution in [2.45, 2.75) is 57.6 Å². The summed E-state index contributed by atoms with van der Waals surface area (Å²) in [7, 11) is -1.97. The van der Waals surface area contributed by atoms with Crippen LogP contribution in [0, 0.1) is 0 Å². The third-order valence-corrected chi connectivity index (χ3v) is 6.22. The molecular weight excluding hydrogens is 352 g/mol. The maximum atomic E-state index is 12.8. The fourth-order valence-electron chi connectivity index (χ4n) is 3.55. The number of nitrogens with zero attached hydrogens (tertiary/aromatic N) is 2. The van der Waals surface area contributed by atoms with E-state index in [0.29, 0.717) is 12.1 Å². The van der Waals surface area contributed by atoms with Crippen LogP contribution in [-0.2, 0) is 14.8 Å². The second-order valence-corrected chi connectivity index (χ2v) is 9.31. The van der Waals surface area contributed by atoms with Gasteiger partial charge < -0.3 is 10.0 Å². The van der Waals surface area contributed by atoms with E-state index in [9.17, 15) is 18.3 Å². The molecule has 0 spiro atoms. The molecule has 2 unspecified atom stereocenters. The lowest BCUT2D eigenvalue weighted by atomic mass is 9.91. The molecule has 1 aromatic rings. The minimum absolute atomic E-state index is 0.128. The van der Waals surface area contributed by atoms with Crippen molar-refractivity contribution >= 4 is 21.6 Å². The molecule has 1 saturated carbocycles. The molecule has 7 heteroatoms. The Morgan fingerprint density at radius 3 is 2.42 bits per heavy atom. The highest BCUT2D eigenvalue weighted by Gasteiger charge is 2.32. The van der Waals surface area contributed by atoms with E-state index < -0.39 is 16.1 Å². The number of likely N-dealkylation sites (N-methyl/N-ethyl adjacent to an activating group) is 1. The van der Waals surface area contributed by atoms with Crippen molar-refractivity contribution < 1.29 is 18.3 Å². The molecule has 2 rings (SSSR count). The van der Waals surface area contributed by atoms with Gasteiger partial charge in [-0.3, -0.25) is 9.10 Å². The van der Waals surface area contributed by atoms with Crippen LogP contribution in [0.25, 0.3) is 0 Å². The van der Waals surface area contributed by atoms with Crippen LogP contribution < -0.4 is 4.31 Å². The maximum Gasteiger partial charge on any atom is 0.243 e. The SMILES string of the molecule is CC(C)c1ccccc1N(CC(=O)N(C)C1CCCCC1O)S(C)(=O)=O. The van der Waals surface area contributed by atoms with Crippen LogP contribution in [0.15, 0.2) is 24.3 Å². The highest BCUT2D eigenvalue weighted by molar-refractivity contribution is 7.92. The van der Waals surface area contributed by atoms with Crippen molar-refractivity contribution in [2.24, 2.45) is 0 Å². The third-order valence-electron chi connectivity index (χ3n) is 5.09. The number of amides is 1. The predicted octanol–water partition coefficient (Wildman–Crippen LogP) is 2.34. The van der Waals surface area contributed by atoms with Gasteiger partial charge in [0.15, 0.2) is 0 Å². The number of hydrogen-bond acceptors (Lipinski definition) is 4. The zero-order chi connectivity index (χ0) is 19.5. The van der Waals surface area contributed by atoms with Gasteiger partial charge in [-0.25, -0.2) is 8.42 Å². The van der Waals surface area contributed by atoms with Crippen molar-refractivity contribution in [3.05, 3.63) is 29.8 Å². The first kappa shape index (κ1) is 20.7. The van der Waals surface area contributed by atoms with Crippen LogP contribution >= 0.6 is 0 Å². The summed E-state index contributed by atoms with van der Waals surface area (Å²) >= 11 is 0. The number of hydrogen-bond donors (Lipinski definition) is 1. The van der Waals surface area contributed by atoms with Crippen molar-refractivity contribution in [3.63, 3.8) is 0 Å². The van der Waals surface area contributed by atoms with Gasteiger partial charge in [-0.15, -0.1) is 0 Å². The highest BCUT2D eigenvalue weighted by atomic mass is 32.2. The van der Waals surface area contributed by atoms with Crippen LogP contribution in [0.3, 0.4) is 0 Å². The number of carbonyl (C=O) groups is 1. The molecule has 1 aliphatic rings. The van der Waals surface area contributed by atoms with Gasteiger partial charge in [-0.05, 0) is 30.4 Å². The zero-order valence-corrected chi connectivity index (χ0v) is 16.9. The van der Waals surface area contributed by atoms with Crippen LogP contribution in [-0.4, -0.2) is 56.3 Å². The van der Waals surface area contributed by atoms with E-state index in [2.05, 4.69) is 0 Å². The molecule has 1 fully saturated rings. The third kappa shape index (κ3) is 4.76. The standard InChI is InChI=1S/C19H30N2O4S/c1-14(2)15-9-5-6-10-16(15)21(26(4,24)25)13-19(23)20(3)17-11-7-8-12-18(17)22/h5-6,9-10,14,17-18,22H,7-8,11-13H2,1-4H3. The molecule has 0 bridgehead atoms.